The molecule has 6 rings (SSSR count). The Bertz CT molecular complexity index is 1660. The van der Waals surface area contributed by atoms with Gasteiger partial charge in [0.2, 0.25) is 11.3 Å². The summed E-state index contributed by atoms with van der Waals surface area (Å²) in [5.74, 6) is -2.87. The number of ether oxygens (including phenoxy) is 1. The Morgan fingerprint density at radius 2 is 1.95 bits per heavy atom. The fourth-order valence-electron chi connectivity index (χ4n) is 6.04. The molecule has 0 saturated heterocycles. The number of amides is 1. The third kappa shape index (κ3) is 2.85. The van der Waals surface area contributed by atoms with Gasteiger partial charge in [0.15, 0.2) is 9.84 Å². The van der Waals surface area contributed by atoms with Crippen molar-refractivity contribution in [2.24, 2.45) is 5.92 Å². The molecule has 1 saturated carbocycles. The summed E-state index contributed by atoms with van der Waals surface area (Å²) in [6.45, 7) is 5.80. The van der Waals surface area contributed by atoms with Crippen LogP contribution in [0.2, 0.25) is 0 Å². The lowest BCUT2D eigenvalue weighted by molar-refractivity contribution is -0.169. The van der Waals surface area contributed by atoms with Gasteiger partial charge in [0.25, 0.3) is 11.7 Å². The van der Waals surface area contributed by atoms with Gasteiger partial charge in [-0.05, 0) is 47.9 Å². The van der Waals surface area contributed by atoms with Gasteiger partial charge in [0, 0.05) is 29.3 Å². The van der Waals surface area contributed by atoms with E-state index in [0.29, 0.717) is 17.2 Å². The molecule has 0 bridgehead atoms. The highest BCUT2D eigenvalue weighted by Gasteiger charge is 2.72. The fraction of sp³-hybridized carbons (Fsp3) is 0.333. The van der Waals surface area contributed by atoms with Gasteiger partial charge < -0.3 is 25.9 Å². The maximum Gasteiger partial charge on any atom is 0.271 e. The first-order valence-corrected chi connectivity index (χ1v) is 13.9. The van der Waals surface area contributed by atoms with E-state index < -0.39 is 32.9 Å². The van der Waals surface area contributed by atoms with Crippen molar-refractivity contribution in [3.63, 3.8) is 0 Å². The molecule has 192 valence electrons. The lowest BCUT2D eigenvalue weighted by atomic mass is 9.81. The number of aliphatic hydroxyl groups is 1. The number of hydrogen-bond donors (Lipinski definition) is 4. The predicted octanol–water partition coefficient (Wildman–Crippen LogP) is 2.67. The third-order valence-corrected chi connectivity index (χ3v) is 9.74. The first kappa shape index (κ1) is 23.7. The number of aromatic nitrogens is 1. The van der Waals surface area contributed by atoms with Crippen molar-refractivity contribution in [3.05, 3.63) is 76.1 Å². The van der Waals surface area contributed by atoms with Crippen molar-refractivity contribution >= 4 is 27.2 Å². The Labute approximate surface area is 213 Å². The highest BCUT2D eigenvalue weighted by Crippen LogP contribution is 2.61. The molecule has 3 aliphatic rings. The number of benzene rings is 2. The summed E-state index contributed by atoms with van der Waals surface area (Å²) in [7, 11) is -3.60. The Hall–Kier alpha value is -3.63. The van der Waals surface area contributed by atoms with Crippen molar-refractivity contribution in [2.75, 3.05) is 12.0 Å². The molecule has 1 amide bonds. The molecule has 2 aliphatic carbocycles. The van der Waals surface area contributed by atoms with E-state index in [4.69, 9.17) is 10.5 Å². The van der Waals surface area contributed by atoms with Crippen LogP contribution in [0.5, 0.6) is 5.75 Å². The number of rotatable bonds is 4. The smallest absolute Gasteiger partial charge is 0.271 e. The van der Waals surface area contributed by atoms with Crippen LogP contribution in [0, 0.1) is 12.8 Å². The van der Waals surface area contributed by atoms with Crippen molar-refractivity contribution in [1.29, 1.82) is 0 Å². The van der Waals surface area contributed by atoms with Gasteiger partial charge in [-0.1, -0.05) is 38.1 Å². The van der Waals surface area contributed by atoms with E-state index in [-0.39, 0.29) is 38.4 Å². The zero-order chi connectivity index (χ0) is 26.7. The molecular formula is C27H27N3O6S. The number of Topliss-reactive ketones (excluding diaryl/α,β-unsaturated/α-hetero) is 1. The van der Waals surface area contributed by atoms with E-state index in [2.05, 4.69) is 24.1 Å². The number of nitrogen functional groups attached to an aromatic ring is 1. The summed E-state index contributed by atoms with van der Waals surface area (Å²) in [4.78, 5) is 30.4. The van der Waals surface area contributed by atoms with Crippen LogP contribution in [-0.4, -0.2) is 36.5 Å². The largest absolute Gasteiger partial charge is 0.454 e. The maximum atomic E-state index is 14.1. The minimum absolute atomic E-state index is 0.0322. The van der Waals surface area contributed by atoms with E-state index in [9.17, 15) is 23.1 Å². The summed E-state index contributed by atoms with van der Waals surface area (Å²) in [5.41, 5.74) is 5.93. The molecule has 2 heterocycles. The number of hydrogen-bond acceptors (Lipinski definition) is 7. The van der Waals surface area contributed by atoms with E-state index in [1.807, 2.05) is 12.1 Å². The number of fused-ring (bicyclic) bond motifs is 5. The monoisotopic (exact) mass is 521 g/mol. The highest BCUT2D eigenvalue weighted by atomic mass is 32.2. The lowest BCUT2D eigenvalue weighted by Crippen LogP contribution is -2.60. The predicted molar refractivity (Wildman–Crippen MR) is 135 cm³/mol. The molecule has 9 nitrogen and oxygen atoms in total. The molecule has 1 aliphatic heterocycles. The Morgan fingerprint density at radius 1 is 1.24 bits per heavy atom. The number of sulfone groups is 1. The Balaban J connectivity index is 1.53. The first-order valence-electron chi connectivity index (χ1n) is 12.0. The van der Waals surface area contributed by atoms with Gasteiger partial charge in [0.05, 0.1) is 10.5 Å². The van der Waals surface area contributed by atoms with Crippen LogP contribution in [-0.2, 0) is 26.6 Å². The average molecular weight is 522 g/mol. The number of ketones is 1. The minimum atomic E-state index is -3.60. The summed E-state index contributed by atoms with van der Waals surface area (Å²) >= 11 is 0. The molecule has 10 heteroatoms. The van der Waals surface area contributed by atoms with Crippen LogP contribution >= 0.6 is 0 Å². The molecular weight excluding hydrogens is 494 g/mol. The van der Waals surface area contributed by atoms with Gasteiger partial charge in [-0.15, -0.1) is 0 Å². The maximum absolute atomic E-state index is 14.1. The second-order valence-corrected chi connectivity index (χ2v) is 12.7. The number of carbonyl (C=O) groups is 2. The van der Waals surface area contributed by atoms with Crippen LogP contribution in [0.4, 0.5) is 5.69 Å². The van der Waals surface area contributed by atoms with E-state index in [0.717, 1.165) is 18.2 Å². The topological polar surface area (TPSA) is 152 Å². The molecule has 2 aromatic carbocycles. The molecule has 3 aromatic rings. The van der Waals surface area contributed by atoms with Gasteiger partial charge >= 0.3 is 0 Å². The van der Waals surface area contributed by atoms with Crippen LogP contribution in [0.25, 0.3) is 0 Å². The number of H-pyrrole nitrogens is 1. The first-order chi connectivity index (χ1) is 17.3. The molecule has 0 spiro atoms. The summed E-state index contributed by atoms with van der Waals surface area (Å²) in [6, 6.07) is 10.1. The number of aromatic amines is 1. The Kier molecular flexibility index (Phi) is 4.51. The third-order valence-electron chi connectivity index (χ3n) is 8.52. The molecule has 5 N–H and O–H groups in total. The molecule has 4 atom stereocenters. The van der Waals surface area contributed by atoms with E-state index in [1.165, 1.54) is 13.1 Å². The summed E-state index contributed by atoms with van der Waals surface area (Å²) < 4.78 is 30.4. The van der Waals surface area contributed by atoms with Crippen LogP contribution in [0.1, 0.15) is 63.4 Å². The van der Waals surface area contributed by atoms with Gasteiger partial charge in [0.1, 0.15) is 11.4 Å². The minimum Gasteiger partial charge on any atom is -0.454 e. The quantitative estimate of drug-likeness (QED) is 0.385. The molecule has 37 heavy (non-hydrogen) atoms. The number of nitrogens with one attached hydrogen (secondary N) is 2. The molecule has 1 aromatic heterocycles. The summed E-state index contributed by atoms with van der Waals surface area (Å²) in [5, 5.41) is 14.8. The molecule has 0 radical (unpaired) electrons. The standard InChI is InChI=1S/C27H27N3O6S/c1-13-11-25(13,3)15-8-9-16-19(10-15)36-27(33)17-6-5-7-18(28)21(17)23(31)26(16,27)30-24(32)22-14(2)20(12-29-22)37(4,34)35/h5-10,12-13,29,33H,11,28H2,1-4H3,(H,30,32)/t13-,25?,26?,27?/m0/s1. The van der Waals surface area contributed by atoms with Crippen LogP contribution in [0.3, 0.4) is 0 Å². The van der Waals surface area contributed by atoms with Gasteiger partial charge in [-0.25, -0.2) is 8.42 Å². The second kappa shape index (κ2) is 7.02. The van der Waals surface area contributed by atoms with Crippen molar-refractivity contribution in [1.82, 2.24) is 10.3 Å². The number of nitrogens with two attached hydrogens (primary N) is 1. The summed E-state index contributed by atoms with van der Waals surface area (Å²) in [6.07, 6.45) is 3.28. The van der Waals surface area contributed by atoms with Gasteiger partial charge in [-0.2, -0.15) is 0 Å². The lowest BCUT2D eigenvalue weighted by Gasteiger charge is -2.34. The van der Waals surface area contributed by atoms with Crippen LogP contribution in [0.15, 0.2) is 47.5 Å². The van der Waals surface area contributed by atoms with E-state index >= 15 is 0 Å². The Morgan fingerprint density at radius 3 is 2.57 bits per heavy atom. The normalized spacial score (nSPS) is 29.3. The van der Waals surface area contributed by atoms with Gasteiger partial charge in [-0.3, -0.25) is 9.59 Å². The number of carbonyl (C=O) groups excluding carboxylic acids is 2. The van der Waals surface area contributed by atoms with Crippen LogP contribution < -0.4 is 15.8 Å². The molecule has 3 unspecified atom stereocenters. The van der Waals surface area contributed by atoms with Crippen molar-refractivity contribution < 1.29 is 27.9 Å². The average Bonchev–Trinajstić information content (AvgIpc) is 3.09. The van der Waals surface area contributed by atoms with Crippen molar-refractivity contribution in [3.8, 4) is 5.75 Å². The second-order valence-electron chi connectivity index (χ2n) is 10.7. The molecule has 1 fully saturated rings. The zero-order valence-corrected chi connectivity index (χ0v) is 21.6. The zero-order valence-electron chi connectivity index (χ0n) is 20.8. The SMILES string of the molecule is Cc1c(S(C)(=O)=O)c[nH]c1C(=O)NC12C(=O)c3c(N)cccc3C1(O)Oc1cc(C3(C)C[C@@H]3C)ccc12. The van der Waals surface area contributed by atoms with Crippen molar-refractivity contribution in [2.45, 2.75) is 48.8 Å². The highest BCUT2D eigenvalue weighted by molar-refractivity contribution is 7.90. The van der Waals surface area contributed by atoms with E-state index in [1.54, 1.807) is 24.3 Å². The fourth-order valence-corrected chi connectivity index (χ4v) is 6.97. The number of anilines is 1.